The molecule has 0 saturated heterocycles. The van der Waals surface area contributed by atoms with E-state index in [9.17, 15) is 9.18 Å². The van der Waals surface area contributed by atoms with Gasteiger partial charge in [-0.1, -0.05) is 11.6 Å². The van der Waals surface area contributed by atoms with Crippen molar-refractivity contribution in [1.82, 2.24) is 0 Å². The van der Waals surface area contributed by atoms with Gasteiger partial charge in [0.1, 0.15) is 17.3 Å². The number of benzene rings is 2. The van der Waals surface area contributed by atoms with Gasteiger partial charge >= 0.3 is 0 Å². The summed E-state index contributed by atoms with van der Waals surface area (Å²) >= 11 is 6.06. The highest BCUT2D eigenvalue weighted by Crippen LogP contribution is 2.32. The summed E-state index contributed by atoms with van der Waals surface area (Å²) in [5.41, 5.74) is 1.19. The lowest BCUT2D eigenvalue weighted by molar-refractivity contribution is 0.101. The minimum absolute atomic E-state index is 0.0635. The Morgan fingerprint density at radius 2 is 1.84 bits per heavy atom. The topological polar surface area (TPSA) is 26.3 Å². The molecular weight excluding hydrogens is 267 g/mol. The number of hydrogen-bond acceptors (Lipinski definition) is 2. The molecule has 0 aliphatic rings. The molecule has 0 spiro atoms. The summed E-state index contributed by atoms with van der Waals surface area (Å²) in [5, 5.41) is 0.344. The molecule has 0 fully saturated rings. The predicted octanol–water partition coefficient (Wildman–Crippen LogP) is 4.78. The molecule has 0 N–H and O–H groups in total. The van der Waals surface area contributed by atoms with Crippen LogP contribution in [0.15, 0.2) is 36.4 Å². The maximum Gasteiger partial charge on any atom is 0.159 e. The molecule has 2 nitrogen and oxygen atoms in total. The molecule has 2 rings (SSSR count). The van der Waals surface area contributed by atoms with Gasteiger partial charge in [-0.05, 0) is 55.8 Å². The number of halogens is 2. The number of Topliss-reactive ketones (excluding diaryl/α,β-unsaturated/α-hetero) is 1. The first-order valence-corrected chi connectivity index (χ1v) is 6.09. The van der Waals surface area contributed by atoms with Gasteiger partial charge in [0.2, 0.25) is 0 Å². The van der Waals surface area contributed by atoms with E-state index in [0.29, 0.717) is 27.6 Å². The number of rotatable bonds is 3. The third-order valence-electron chi connectivity index (χ3n) is 2.70. The van der Waals surface area contributed by atoms with Gasteiger partial charge in [0.15, 0.2) is 5.78 Å². The molecule has 2 aromatic rings. The second-order valence-electron chi connectivity index (χ2n) is 4.21. The molecule has 0 unspecified atom stereocenters. The summed E-state index contributed by atoms with van der Waals surface area (Å²) in [6.45, 7) is 3.21. The van der Waals surface area contributed by atoms with E-state index in [1.807, 2.05) is 0 Å². The van der Waals surface area contributed by atoms with E-state index in [0.717, 1.165) is 0 Å². The van der Waals surface area contributed by atoms with E-state index in [1.165, 1.54) is 19.1 Å². The Balaban J connectivity index is 2.31. The normalized spacial score (nSPS) is 10.3. The largest absolute Gasteiger partial charge is 0.456 e. The second-order valence-corrected chi connectivity index (χ2v) is 4.62. The first kappa shape index (κ1) is 13.6. The van der Waals surface area contributed by atoms with Gasteiger partial charge in [-0.15, -0.1) is 0 Å². The molecule has 0 atom stereocenters. The summed E-state index contributed by atoms with van der Waals surface area (Å²) in [6.07, 6.45) is 0. The average Bonchev–Trinajstić information content (AvgIpc) is 2.34. The van der Waals surface area contributed by atoms with Crippen LogP contribution in [0, 0.1) is 12.7 Å². The molecule has 0 aliphatic carbocycles. The zero-order valence-corrected chi connectivity index (χ0v) is 11.3. The molecule has 0 amide bonds. The summed E-state index contributed by atoms with van der Waals surface area (Å²) in [6, 6.07) is 9.07. The maximum atomic E-state index is 13.0. The van der Waals surface area contributed by atoms with Crippen molar-refractivity contribution < 1.29 is 13.9 Å². The maximum absolute atomic E-state index is 13.0. The molecule has 0 radical (unpaired) electrons. The highest BCUT2D eigenvalue weighted by molar-refractivity contribution is 6.32. The third-order valence-corrected chi connectivity index (χ3v) is 2.99. The molecule has 0 heterocycles. The van der Waals surface area contributed by atoms with Crippen LogP contribution in [0.2, 0.25) is 5.02 Å². The molecule has 98 valence electrons. The molecule has 4 heteroatoms. The van der Waals surface area contributed by atoms with Gasteiger partial charge in [-0.3, -0.25) is 4.79 Å². The second kappa shape index (κ2) is 5.41. The van der Waals surface area contributed by atoms with E-state index in [2.05, 4.69) is 0 Å². The van der Waals surface area contributed by atoms with Crippen LogP contribution >= 0.6 is 11.6 Å². The van der Waals surface area contributed by atoms with Crippen molar-refractivity contribution in [2.75, 3.05) is 0 Å². The fourth-order valence-corrected chi connectivity index (χ4v) is 1.87. The highest BCUT2D eigenvalue weighted by Gasteiger charge is 2.08. The number of carbonyl (C=O) groups is 1. The molecule has 19 heavy (non-hydrogen) atoms. The Morgan fingerprint density at radius 1 is 1.16 bits per heavy atom. The van der Waals surface area contributed by atoms with Crippen LogP contribution < -0.4 is 4.74 Å². The molecule has 0 saturated carbocycles. The van der Waals surface area contributed by atoms with Crippen molar-refractivity contribution in [3.8, 4) is 11.5 Å². The number of ketones is 1. The summed E-state index contributed by atoms with van der Waals surface area (Å²) in [7, 11) is 0. The zero-order chi connectivity index (χ0) is 14.0. The van der Waals surface area contributed by atoms with Crippen LogP contribution in [0.1, 0.15) is 22.8 Å². The van der Waals surface area contributed by atoms with Gasteiger partial charge in [0, 0.05) is 5.56 Å². The SMILES string of the molecule is CC(=O)c1ccc(Oc2ccc(F)cc2C)c(Cl)c1. The Bertz CT molecular complexity index is 638. The Labute approximate surface area is 115 Å². The van der Waals surface area contributed by atoms with Gasteiger partial charge in [-0.25, -0.2) is 4.39 Å². The van der Waals surface area contributed by atoms with E-state index >= 15 is 0 Å². The lowest BCUT2D eigenvalue weighted by Gasteiger charge is -2.10. The molecule has 2 aromatic carbocycles. The lowest BCUT2D eigenvalue weighted by Crippen LogP contribution is -1.94. The van der Waals surface area contributed by atoms with Crippen molar-refractivity contribution in [2.24, 2.45) is 0 Å². The standard InChI is InChI=1S/C15H12ClFO2/c1-9-7-12(17)4-6-14(9)19-15-5-3-11(10(2)18)8-13(15)16/h3-8H,1-2H3. The van der Waals surface area contributed by atoms with E-state index < -0.39 is 0 Å². The van der Waals surface area contributed by atoms with Crippen LogP contribution in [-0.2, 0) is 0 Å². The minimum Gasteiger partial charge on any atom is -0.456 e. The van der Waals surface area contributed by atoms with Crippen molar-refractivity contribution in [3.05, 3.63) is 58.4 Å². The van der Waals surface area contributed by atoms with Gasteiger partial charge < -0.3 is 4.74 Å². The molecule has 0 bridgehead atoms. The fourth-order valence-electron chi connectivity index (χ4n) is 1.65. The highest BCUT2D eigenvalue weighted by atomic mass is 35.5. The number of carbonyl (C=O) groups excluding carboxylic acids is 1. The first-order chi connectivity index (χ1) is 8.97. The summed E-state index contributed by atoms with van der Waals surface area (Å²) < 4.78 is 18.6. The van der Waals surface area contributed by atoms with E-state index in [1.54, 1.807) is 31.2 Å². The van der Waals surface area contributed by atoms with Gasteiger partial charge in [0.25, 0.3) is 0 Å². The predicted molar refractivity (Wildman–Crippen MR) is 72.7 cm³/mol. The Hall–Kier alpha value is -1.87. The van der Waals surface area contributed by atoms with Crippen LogP contribution in [0.3, 0.4) is 0 Å². The molecule has 0 aliphatic heterocycles. The number of ether oxygens (including phenoxy) is 1. The lowest BCUT2D eigenvalue weighted by atomic mass is 10.1. The van der Waals surface area contributed by atoms with E-state index in [-0.39, 0.29) is 11.6 Å². The van der Waals surface area contributed by atoms with Crippen LogP contribution in [0.4, 0.5) is 4.39 Å². The quantitative estimate of drug-likeness (QED) is 0.755. The van der Waals surface area contributed by atoms with Crippen molar-refractivity contribution >= 4 is 17.4 Å². The zero-order valence-electron chi connectivity index (χ0n) is 10.5. The van der Waals surface area contributed by atoms with Gasteiger partial charge in [0.05, 0.1) is 5.02 Å². The van der Waals surface area contributed by atoms with E-state index in [4.69, 9.17) is 16.3 Å². The molecular formula is C15H12ClFO2. The minimum atomic E-state index is -0.317. The number of hydrogen-bond donors (Lipinski definition) is 0. The third kappa shape index (κ3) is 3.12. The van der Waals surface area contributed by atoms with Crippen molar-refractivity contribution in [2.45, 2.75) is 13.8 Å². The Morgan fingerprint density at radius 3 is 2.42 bits per heavy atom. The van der Waals surface area contributed by atoms with Crippen LogP contribution in [0.5, 0.6) is 11.5 Å². The van der Waals surface area contributed by atoms with Crippen LogP contribution in [-0.4, -0.2) is 5.78 Å². The Kier molecular flexibility index (Phi) is 3.86. The summed E-state index contributed by atoms with van der Waals surface area (Å²) in [5.74, 6) is 0.578. The van der Waals surface area contributed by atoms with Crippen molar-refractivity contribution in [1.29, 1.82) is 0 Å². The van der Waals surface area contributed by atoms with Crippen molar-refractivity contribution in [3.63, 3.8) is 0 Å². The van der Waals surface area contributed by atoms with Crippen LogP contribution in [0.25, 0.3) is 0 Å². The molecule has 0 aromatic heterocycles. The monoisotopic (exact) mass is 278 g/mol. The summed E-state index contributed by atoms with van der Waals surface area (Å²) in [4.78, 5) is 11.2. The smallest absolute Gasteiger partial charge is 0.159 e. The first-order valence-electron chi connectivity index (χ1n) is 5.72. The van der Waals surface area contributed by atoms with Gasteiger partial charge in [-0.2, -0.15) is 0 Å². The number of aryl methyl sites for hydroxylation is 1. The average molecular weight is 279 g/mol. The fraction of sp³-hybridized carbons (Fsp3) is 0.133.